The zero-order valence-electron chi connectivity index (χ0n) is 17.3. The molecule has 0 aromatic heterocycles. The third kappa shape index (κ3) is 6.55. The summed E-state index contributed by atoms with van der Waals surface area (Å²) in [6.45, 7) is 2.27. The van der Waals surface area contributed by atoms with Crippen molar-refractivity contribution in [2.75, 3.05) is 0 Å². The van der Waals surface area contributed by atoms with Crippen molar-refractivity contribution in [3.05, 3.63) is 60.2 Å². The minimum Gasteiger partial charge on any atom is -0.282 e. The van der Waals surface area contributed by atoms with Crippen molar-refractivity contribution in [2.45, 2.75) is 63.2 Å². The summed E-state index contributed by atoms with van der Waals surface area (Å²) in [5.74, 6) is 1.64. The van der Waals surface area contributed by atoms with Crippen LogP contribution >= 0.6 is 0 Å². The van der Waals surface area contributed by atoms with E-state index >= 15 is 0 Å². The first-order valence-electron chi connectivity index (χ1n) is 10.8. The minimum absolute atomic E-state index is 0.0825. The lowest BCUT2D eigenvalue weighted by atomic mass is 9.79. The molecule has 1 fully saturated rings. The maximum atomic E-state index is 11.2. The van der Waals surface area contributed by atoms with Crippen LogP contribution in [0.3, 0.4) is 0 Å². The predicted molar refractivity (Wildman–Crippen MR) is 120 cm³/mol. The fourth-order valence-electron chi connectivity index (χ4n) is 4.21. The van der Waals surface area contributed by atoms with Gasteiger partial charge in [-0.05, 0) is 66.3 Å². The molecule has 0 unspecified atom stereocenters. The maximum absolute atomic E-state index is 11.2. The average molecular weight is 413 g/mol. The summed E-state index contributed by atoms with van der Waals surface area (Å²) in [6.07, 6.45) is 15.5. The van der Waals surface area contributed by atoms with Crippen LogP contribution in [0.5, 0.6) is 0 Å². The fourth-order valence-corrected chi connectivity index (χ4v) is 4.69. The van der Waals surface area contributed by atoms with Crippen molar-refractivity contribution >= 4 is 16.2 Å². The summed E-state index contributed by atoms with van der Waals surface area (Å²) in [7, 11) is -4.15. The van der Waals surface area contributed by atoms with Gasteiger partial charge in [0.25, 0.3) is 10.1 Å². The number of hydrogen-bond donors (Lipinski definition) is 1. The van der Waals surface area contributed by atoms with Gasteiger partial charge in [0.15, 0.2) is 0 Å². The van der Waals surface area contributed by atoms with Gasteiger partial charge in [-0.25, -0.2) is 0 Å². The van der Waals surface area contributed by atoms with Crippen molar-refractivity contribution in [2.24, 2.45) is 11.8 Å². The highest BCUT2D eigenvalue weighted by molar-refractivity contribution is 7.85. The molecule has 0 aliphatic heterocycles. The van der Waals surface area contributed by atoms with E-state index in [-0.39, 0.29) is 4.90 Å². The Labute approximate surface area is 175 Å². The molecule has 0 bridgehead atoms. The number of allylic oxidation sites excluding steroid dienone is 1. The molecule has 0 heterocycles. The Morgan fingerprint density at radius 2 is 1.48 bits per heavy atom. The summed E-state index contributed by atoms with van der Waals surface area (Å²) in [5.41, 5.74) is 3.14. The van der Waals surface area contributed by atoms with Crippen LogP contribution in [0.4, 0.5) is 0 Å². The third-order valence-electron chi connectivity index (χ3n) is 6.06. The summed E-state index contributed by atoms with van der Waals surface area (Å²) < 4.78 is 31.4. The summed E-state index contributed by atoms with van der Waals surface area (Å²) in [4.78, 5) is -0.0825. The first-order valence-corrected chi connectivity index (χ1v) is 12.3. The first kappa shape index (κ1) is 21.8. The van der Waals surface area contributed by atoms with Crippen LogP contribution in [0.25, 0.3) is 17.2 Å². The summed E-state index contributed by atoms with van der Waals surface area (Å²) in [6, 6.07) is 14.6. The molecule has 0 saturated heterocycles. The third-order valence-corrected chi connectivity index (χ3v) is 6.93. The van der Waals surface area contributed by atoms with E-state index in [9.17, 15) is 8.42 Å². The molecule has 0 amide bonds. The van der Waals surface area contributed by atoms with Crippen LogP contribution in [0, 0.1) is 11.8 Å². The van der Waals surface area contributed by atoms with Crippen molar-refractivity contribution in [3.8, 4) is 11.1 Å². The second kappa shape index (κ2) is 10.2. The lowest BCUT2D eigenvalue weighted by molar-refractivity contribution is 0.290. The lowest BCUT2D eigenvalue weighted by Crippen LogP contribution is -2.12. The highest BCUT2D eigenvalue weighted by Crippen LogP contribution is 2.33. The normalized spacial score (nSPS) is 20.2. The molecule has 1 aliphatic rings. The van der Waals surface area contributed by atoms with E-state index in [0.29, 0.717) is 5.92 Å². The Balaban J connectivity index is 1.53. The zero-order valence-corrected chi connectivity index (χ0v) is 18.1. The highest BCUT2D eigenvalue weighted by Gasteiger charge is 2.18. The minimum atomic E-state index is -4.15. The highest BCUT2D eigenvalue weighted by atomic mass is 32.2. The van der Waals surface area contributed by atoms with Gasteiger partial charge < -0.3 is 0 Å². The van der Waals surface area contributed by atoms with Crippen LogP contribution in [-0.2, 0) is 10.1 Å². The van der Waals surface area contributed by atoms with Gasteiger partial charge in [0, 0.05) is 0 Å². The largest absolute Gasteiger partial charge is 0.294 e. The molecule has 29 heavy (non-hydrogen) atoms. The molecule has 0 radical (unpaired) electrons. The second-order valence-electron chi connectivity index (χ2n) is 8.26. The predicted octanol–water partition coefficient (Wildman–Crippen LogP) is 7.00. The molecule has 2 aromatic rings. The van der Waals surface area contributed by atoms with E-state index in [1.807, 2.05) is 12.1 Å². The van der Waals surface area contributed by atoms with E-state index in [2.05, 4.69) is 31.2 Å². The Hall–Kier alpha value is -1.91. The van der Waals surface area contributed by atoms with Gasteiger partial charge in [-0.3, -0.25) is 4.55 Å². The van der Waals surface area contributed by atoms with Crippen LogP contribution in [0.1, 0.15) is 63.9 Å². The van der Waals surface area contributed by atoms with Crippen molar-refractivity contribution in [3.63, 3.8) is 0 Å². The second-order valence-corrected chi connectivity index (χ2v) is 9.68. The average Bonchev–Trinajstić information content (AvgIpc) is 2.73. The molecule has 3 rings (SSSR count). The van der Waals surface area contributed by atoms with Crippen LogP contribution < -0.4 is 0 Å². The molecule has 1 saturated carbocycles. The molecular weight excluding hydrogens is 380 g/mol. The van der Waals surface area contributed by atoms with Gasteiger partial charge in [0.05, 0.1) is 4.90 Å². The number of rotatable bonds is 8. The Bertz CT molecular complexity index is 888. The van der Waals surface area contributed by atoms with E-state index in [4.69, 9.17) is 4.55 Å². The van der Waals surface area contributed by atoms with E-state index in [1.54, 1.807) is 12.1 Å². The van der Waals surface area contributed by atoms with E-state index in [0.717, 1.165) is 17.0 Å². The van der Waals surface area contributed by atoms with Gasteiger partial charge >= 0.3 is 0 Å². The SMILES string of the molecule is CCCCCC1CCC(C=Cc2ccc(-c3ccc(S(=O)(=O)O)cc3)cc2)CC1. The van der Waals surface area contributed by atoms with Crippen LogP contribution in [0.15, 0.2) is 59.5 Å². The molecule has 0 atom stereocenters. The number of unbranched alkanes of at least 4 members (excludes halogenated alkanes) is 2. The van der Waals surface area contributed by atoms with Gasteiger partial charge in [-0.2, -0.15) is 8.42 Å². The van der Waals surface area contributed by atoms with Gasteiger partial charge in [-0.15, -0.1) is 0 Å². The van der Waals surface area contributed by atoms with Crippen molar-refractivity contribution in [1.29, 1.82) is 0 Å². The fraction of sp³-hybridized carbons (Fsp3) is 0.440. The smallest absolute Gasteiger partial charge is 0.282 e. The molecule has 1 N–H and O–H groups in total. The zero-order chi connectivity index (χ0) is 20.7. The molecule has 1 aliphatic carbocycles. The standard InChI is InChI=1S/C25H32O3S/c1-2-3-4-5-20-6-8-21(9-7-20)10-11-22-12-14-23(15-13-22)24-16-18-25(19-17-24)29(26,27)28/h10-21H,2-9H2,1H3,(H,26,27,28). The quantitative estimate of drug-likeness (QED) is 0.375. The maximum Gasteiger partial charge on any atom is 0.294 e. The summed E-state index contributed by atoms with van der Waals surface area (Å²) >= 11 is 0. The molecule has 0 spiro atoms. The van der Waals surface area contributed by atoms with Crippen molar-refractivity contribution in [1.82, 2.24) is 0 Å². The van der Waals surface area contributed by atoms with Gasteiger partial charge in [-0.1, -0.05) is 81.2 Å². The van der Waals surface area contributed by atoms with E-state index in [1.165, 1.54) is 69.1 Å². The number of hydrogen-bond acceptors (Lipinski definition) is 2. The van der Waals surface area contributed by atoms with Gasteiger partial charge in [0.1, 0.15) is 0 Å². The monoisotopic (exact) mass is 412 g/mol. The molecule has 2 aromatic carbocycles. The first-order chi connectivity index (χ1) is 14.0. The van der Waals surface area contributed by atoms with Crippen LogP contribution in [-0.4, -0.2) is 13.0 Å². The Morgan fingerprint density at radius 3 is 2.03 bits per heavy atom. The topological polar surface area (TPSA) is 54.4 Å². The summed E-state index contributed by atoms with van der Waals surface area (Å²) in [5, 5.41) is 0. The van der Waals surface area contributed by atoms with Gasteiger partial charge in [0.2, 0.25) is 0 Å². The Kier molecular flexibility index (Phi) is 7.68. The van der Waals surface area contributed by atoms with Crippen molar-refractivity contribution < 1.29 is 13.0 Å². The lowest BCUT2D eigenvalue weighted by Gasteiger charge is -2.26. The number of benzene rings is 2. The molecule has 4 heteroatoms. The van der Waals surface area contributed by atoms with E-state index < -0.39 is 10.1 Å². The van der Waals surface area contributed by atoms with Crippen LogP contribution in [0.2, 0.25) is 0 Å². The molecule has 156 valence electrons. The molecule has 3 nitrogen and oxygen atoms in total. The Morgan fingerprint density at radius 1 is 0.897 bits per heavy atom. The molecular formula is C25H32O3S.